The van der Waals surface area contributed by atoms with Crippen LogP contribution in [0.25, 0.3) is 0 Å². The first-order valence-corrected chi connectivity index (χ1v) is 9.35. The number of piperazine rings is 1. The molecule has 128 valence electrons. The van der Waals surface area contributed by atoms with Gasteiger partial charge >= 0.3 is 0 Å². The molecule has 1 aromatic rings. The standard InChI is InChI=1S/C20H26N2O2/c1-14-19(23)21-12-11-15-7-5-6-10-17(15)18(21)13-22(14)20(24)16-8-3-2-4-9-16/h5-7,10,14,16,18H,2-4,8-9,11-13H2,1H3/t14-,18-/m0/s1. The Morgan fingerprint density at radius 3 is 2.67 bits per heavy atom. The Kier molecular flexibility index (Phi) is 4.07. The zero-order valence-corrected chi connectivity index (χ0v) is 14.4. The summed E-state index contributed by atoms with van der Waals surface area (Å²) in [5.74, 6) is 0.447. The summed E-state index contributed by atoms with van der Waals surface area (Å²) in [5.41, 5.74) is 2.55. The van der Waals surface area contributed by atoms with Crippen LogP contribution >= 0.6 is 0 Å². The Morgan fingerprint density at radius 1 is 1.12 bits per heavy atom. The Hall–Kier alpha value is -1.84. The number of hydrogen-bond acceptors (Lipinski definition) is 2. The van der Waals surface area contributed by atoms with E-state index in [2.05, 4.69) is 18.2 Å². The second-order valence-corrected chi connectivity index (χ2v) is 7.50. The molecule has 2 aliphatic heterocycles. The molecule has 2 fully saturated rings. The first-order chi connectivity index (χ1) is 11.7. The van der Waals surface area contributed by atoms with Crippen LogP contribution < -0.4 is 0 Å². The minimum Gasteiger partial charge on any atom is -0.332 e. The van der Waals surface area contributed by atoms with Crippen molar-refractivity contribution in [3.05, 3.63) is 35.4 Å². The average Bonchev–Trinajstić information content (AvgIpc) is 2.64. The van der Waals surface area contributed by atoms with Gasteiger partial charge in [-0.3, -0.25) is 9.59 Å². The van der Waals surface area contributed by atoms with Gasteiger partial charge in [0.15, 0.2) is 0 Å². The predicted molar refractivity (Wildman–Crippen MR) is 92.4 cm³/mol. The van der Waals surface area contributed by atoms with Crippen molar-refractivity contribution in [2.75, 3.05) is 13.1 Å². The molecule has 0 radical (unpaired) electrons. The lowest BCUT2D eigenvalue weighted by Crippen LogP contribution is -2.61. The van der Waals surface area contributed by atoms with Gasteiger partial charge < -0.3 is 9.80 Å². The SMILES string of the molecule is C[C@H]1C(=O)N2CCc3ccccc3[C@@H]2CN1C(=O)C1CCCCC1. The number of nitrogens with zero attached hydrogens (tertiary/aromatic N) is 2. The van der Waals surface area contributed by atoms with Crippen LogP contribution in [0.5, 0.6) is 0 Å². The van der Waals surface area contributed by atoms with Gasteiger partial charge in [-0.15, -0.1) is 0 Å². The second-order valence-electron chi connectivity index (χ2n) is 7.50. The minimum atomic E-state index is -0.319. The van der Waals surface area contributed by atoms with Crippen molar-refractivity contribution in [3.63, 3.8) is 0 Å². The van der Waals surface area contributed by atoms with Gasteiger partial charge in [0, 0.05) is 19.0 Å². The number of amides is 2. The lowest BCUT2D eigenvalue weighted by molar-refractivity contribution is -0.157. The number of rotatable bonds is 1. The first-order valence-electron chi connectivity index (χ1n) is 9.35. The molecule has 2 atom stereocenters. The average molecular weight is 326 g/mol. The van der Waals surface area contributed by atoms with Crippen molar-refractivity contribution >= 4 is 11.8 Å². The smallest absolute Gasteiger partial charge is 0.245 e. The minimum absolute atomic E-state index is 0.0335. The third-order valence-corrected chi connectivity index (χ3v) is 6.13. The zero-order valence-electron chi connectivity index (χ0n) is 14.4. The van der Waals surface area contributed by atoms with E-state index in [1.165, 1.54) is 17.5 Å². The summed E-state index contributed by atoms with van der Waals surface area (Å²) in [4.78, 5) is 29.8. The maximum atomic E-state index is 13.1. The second kappa shape index (κ2) is 6.23. The van der Waals surface area contributed by atoms with Crippen LogP contribution in [0, 0.1) is 5.92 Å². The van der Waals surface area contributed by atoms with E-state index >= 15 is 0 Å². The van der Waals surface area contributed by atoms with Crippen LogP contribution in [-0.2, 0) is 16.0 Å². The van der Waals surface area contributed by atoms with Crippen LogP contribution in [0.4, 0.5) is 0 Å². The van der Waals surface area contributed by atoms with E-state index in [1.54, 1.807) is 0 Å². The van der Waals surface area contributed by atoms with Gasteiger partial charge in [-0.05, 0) is 37.3 Å². The molecule has 1 saturated carbocycles. The van der Waals surface area contributed by atoms with E-state index in [4.69, 9.17) is 0 Å². The third kappa shape index (κ3) is 2.52. The molecule has 0 aromatic heterocycles. The van der Waals surface area contributed by atoms with Gasteiger partial charge in [-0.2, -0.15) is 0 Å². The molecule has 0 N–H and O–H groups in total. The van der Waals surface area contributed by atoms with Gasteiger partial charge in [0.1, 0.15) is 6.04 Å². The van der Waals surface area contributed by atoms with Gasteiger partial charge in [0.05, 0.1) is 6.04 Å². The molecule has 4 nitrogen and oxygen atoms in total. The van der Waals surface area contributed by atoms with E-state index in [0.29, 0.717) is 6.54 Å². The molecule has 3 aliphatic rings. The highest BCUT2D eigenvalue weighted by molar-refractivity contribution is 5.90. The fourth-order valence-corrected chi connectivity index (χ4v) is 4.69. The predicted octanol–water partition coefficient (Wildman–Crippen LogP) is 2.92. The highest BCUT2D eigenvalue weighted by Crippen LogP contribution is 2.36. The van der Waals surface area contributed by atoms with Crippen LogP contribution in [-0.4, -0.2) is 40.7 Å². The molecule has 4 rings (SSSR count). The highest BCUT2D eigenvalue weighted by Gasteiger charge is 2.44. The molecule has 0 spiro atoms. The van der Waals surface area contributed by atoms with Crippen molar-refractivity contribution in [3.8, 4) is 0 Å². The summed E-state index contributed by atoms with van der Waals surface area (Å²) in [6.45, 7) is 3.33. The normalized spacial score (nSPS) is 27.6. The molecule has 1 aromatic carbocycles. The van der Waals surface area contributed by atoms with Crippen LogP contribution in [0.2, 0.25) is 0 Å². The molecule has 24 heavy (non-hydrogen) atoms. The van der Waals surface area contributed by atoms with E-state index in [1.807, 2.05) is 22.8 Å². The molecular formula is C20H26N2O2. The summed E-state index contributed by atoms with van der Waals surface area (Å²) in [5, 5.41) is 0. The first kappa shape index (κ1) is 15.7. The zero-order chi connectivity index (χ0) is 16.7. The van der Waals surface area contributed by atoms with Gasteiger partial charge in [0.25, 0.3) is 0 Å². The van der Waals surface area contributed by atoms with Gasteiger partial charge in [-0.1, -0.05) is 43.5 Å². The molecule has 1 aliphatic carbocycles. The van der Waals surface area contributed by atoms with Crippen molar-refractivity contribution in [1.82, 2.24) is 9.80 Å². The largest absolute Gasteiger partial charge is 0.332 e. The number of carbonyl (C=O) groups is 2. The van der Waals surface area contributed by atoms with Crippen molar-refractivity contribution in [2.45, 2.75) is 57.5 Å². The van der Waals surface area contributed by atoms with Gasteiger partial charge in [0.2, 0.25) is 11.8 Å². The monoisotopic (exact) mass is 326 g/mol. The van der Waals surface area contributed by atoms with Crippen molar-refractivity contribution in [2.24, 2.45) is 5.92 Å². The maximum absolute atomic E-state index is 13.1. The lowest BCUT2D eigenvalue weighted by Gasteiger charge is -2.48. The molecule has 2 amide bonds. The third-order valence-electron chi connectivity index (χ3n) is 6.13. The van der Waals surface area contributed by atoms with Crippen molar-refractivity contribution < 1.29 is 9.59 Å². The van der Waals surface area contributed by atoms with Gasteiger partial charge in [-0.25, -0.2) is 0 Å². The lowest BCUT2D eigenvalue weighted by atomic mass is 9.86. The summed E-state index contributed by atoms with van der Waals surface area (Å²) >= 11 is 0. The van der Waals surface area contributed by atoms with E-state index in [9.17, 15) is 9.59 Å². The summed E-state index contributed by atoms with van der Waals surface area (Å²) < 4.78 is 0. The Bertz CT molecular complexity index is 651. The maximum Gasteiger partial charge on any atom is 0.245 e. The quantitative estimate of drug-likeness (QED) is 0.796. The number of hydrogen-bond donors (Lipinski definition) is 0. The summed E-state index contributed by atoms with van der Waals surface area (Å²) in [7, 11) is 0. The number of carbonyl (C=O) groups excluding carboxylic acids is 2. The van der Waals surface area contributed by atoms with E-state index < -0.39 is 0 Å². The fraction of sp³-hybridized carbons (Fsp3) is 0.600. The molecule has 2 heterocycles. The molecule has 4 heteroatoms. The van der Waals surface area contributed by atoms with Crippen molar-refractivity contribution in [1.29, 1.82) is 0 Å². The number of benzene rings is 1. The molecule has 1 saturated heterocycles. The fourth-order valence-electron chi connectivity index (χ4n) is 4.69. The van der Waals surface area contributed by atoms with E-state index in [-0.39, 0.29) is 29.8 Å². The Balaban J connectivity index is 1.61. The Labute approximate surface area is 143 Å². The molecule has 0 unspecified atom stereocenters. The van der Waals surface area contributed by atoms with Crippen LogP contribution in [0.15, 0.2) is 24.3 Å². The summed E-state index contributed by atoms with van der Waals surface area (Å²) in [6.07, 6.45) is 6.42. The number of fused-ring (bicyclic) bond motifs is 3. The highest BCUT2D eigenvalue weighted by atomic mass is 16.2. The van der Waals surface area contributed by atoms with E-state index in [0.717, 1.165) is 38.6 Å². The molecular weight excluding hydrogens is 300 g/mol. The Morgan fingerprint density at radius 2 is 1.88 bits per heavy atom. The van der Waals surface area contributed by atoms with Crippen LogP contribution in [0.1, 0.15) is 56.2 Å². The topological polar surface area (TPSA) is 40.6 Å². The molecule has 0 bridgehead atoms. The van der Waals surface area contributed by atoms with Crippen LogP contribution in [0.3, 0.4) is 0 Å². The summed E-state index contributed by atoms with van der Waals surface area (Å²) in [6, 6.07) is 8.10.